The second-order valence-corrected chi connectivity index (χ2v) is 1.61. The van der Waals surface area contributed by atoms with Gasteiger partial charge < -0.3 is 0 Å². The highest BCUT2D eigenvalue weighted by Gasteiger charge is 1.86. The Labute approximate surface area is 49.7 Å². The highest BCUT2D eigenvalue weighted by molar-refractivity contribution is 5.21. The van der Waals surface area contributed by atoms with Gasteiger partial charge in [0.1, 0.15) is 18.5 Å². The molecule has 8 heavy (non-hydrogen) atoms. The van der Waals surface area contributed by atoms with E-state index in [-0.39, 0.29) is 0 Å². The summed E-state index contributed by atoms with van der Waals surface area (Å²) in [5.74, 6) is 0. The zero-order valence-electron chi connectivity index (χ0n) is 5.46. The van der Waals surface area contributed by atoms with E-state index >= 15 is 0 Å². The molecule has 0 aliphatic carbocycles. The quantitative estimate of drug-likeness (QED) is 0.227. The molecule has 0 N–H and O–H groups in total. The van der Waals surface area contributed by atoms with Crippen LogP contribution in [0.1, 0.15) is 13.3 Å². The van der Waals surface area contributed by atoms with Crippen molar-refractivity contribution in [2.24, 2.45) is 10.3 Å². The van der Waals surface area contributed by atoms with Crippen molar-refractivity contribution in [2.45, 2.75) is 13.3 Å². The maximum Gasteiger partial charge on any atom is 0.132 e. The Kier molecular flexibility index (Phi) is 4.03. The van der Waals surface area contributed by atoms with Crippen LogP contribution in [0.3, 0.4) is 0 Å². The largest absolute Gasteiger partial charge is 0.168 e. The van der Waals surface area contributed by atoms with E-state index in [1.165, 1.54) is 0 Å². The molecular weight excluding hydrogens is 102 g/mol. The van der Waals surface area contributed by atoms with Gasteiger partial charge in [-0.05, 0) is 6.42 Å². The summed E-state index contributed by atoms with van der Waals surface area (Å²) >= 11 is 0. The Hall–Kier alpha value is -0.730. The minimum Gasteiger partial charge on any atom is -0.168 e. The molecule has 0 atom stereocenters. The number of hydrogen-bond acceptors (Lipinski definition) is 1. The Morgan fingerprint density at radius 2 is 2.25 bits per heavy atom. The van der Waals surface area contributed by atoms with Gasteiger partial charge in [0.2, 0.25) is 0 Å². The van der Waals surface area contributed by atoms with Gasteiger partial charge >= 0.3 is 0 Å². The fraction of sp³-hybridized carbons (Fsp3) is 0.800. The highest BCUT2D eigenvalue weighted by atomic mass is 15.4. The van der Waals surface area contributed by atoms with Crippen LogP contribution in [0.2, 0.25) is 0 Å². The molecule has 3 nitrogen and oxygen atoms in total. The molecule has 0 rings (SSSR count). The summed E-state index contributed by atoms with van der Waals surface area (Å²) in [6.45, 7) is 6.26. The predicted molar refractivity (Wildman–Crippen MR) is 33.3 cm³/mol. The van der Waals surface area contributed by atoms with Crippen LogP contribution in [0.5, 0.6) is 0 Å². The van der Waals surface area contributed by atoms with Crippen molar-refractivity contribution in [1.82, 2.24) is 0 Å². The van der Waals surface area contributed by atoms with E-state index in [0.29, 0.717) is 0 Å². The van der Waals surface area contributed by atoms with Crippen LogP contribution in [0.15, 0.2) is 10.3 Å². The van der Waals surface area contributed by atoms with E-state index in [1.807, 2.05) is 7.05 Å². The van der Waals surface area contributed by atoms with Crippen LogP contribution in [0.25, 0.3) is 0 Å². The molecular formula is C5H12N3+. The van der Waals surface area contributed by atoms with Gasteiger partial charge in [-0.2, -0.15) is 4.70 Å². The second kappa shape index (κ2) is 4.43. The van der Waals surface area contributed by atoms with Gasteiger partial charge in [-0.3, -0.25) is 0 Å². The summed E-state index contributed by atoms with van der Waals surface area (Å²) in [6, 6.07) is 0. The van der Waals surface area contributed by atoms with Crippen molar-refractivity contribution < 1.29 is 4.70 Å². The van der Waals surface area contributed by atoms with E-state index in [1.54, 1.807) is 4.70 Å². The Balaban J connectivity index is 3.44. The zero-order chi connectivity index (χ0) is 6.41. The van der Waals surface area contributed by atoms with Crippen molar-refractivity contribution >= 4 is 6.72 Å². The lowest BCUT2D eigenvalue weighted by Gasteiger charge is -1.87. The SMILES string of the molecule is C=NN=[N+](C)CCC. The molecule has 0 radical (unpaired) electrons. The Morgan fingerprint density at radius 3 is 2.62 bits per heavy atom. The summed E-state index contributed by atoms with van der Waals surface area (Å²) < 4.78 is 1.76. The highest BCUT2D eigenvalue weighted by Crippen LogP contribution is 1.78. The monoisotopic (exact) mass is 114 g/mol. The molecule has 0 heterocycles. The minimum absolute atomic E-state index is 0.943. The number of hydrogen-bond donors (Lipinski definition) is 0. The smallest absolute Gasteiger partial charge is 0.132 e. The summed E-state index contributed by atoms with van der Waals surface area (Å²) in [7, 11) is 1.87. The van der Waals surface area contributed by atoms with Crippen LogP contribution in [0, 0.1) is 0 Å². The molecule has 0 aromatic carbocycles. The fourth-order valence-corrected chi connectivity index (χ4v) is 0.476. The predicted octanol–water partition coefficient (Wildman–Crippen LogP) is 1.11. The first-order valence-corrected chi connectivity index (χ1v) is 2.69. The zero-order valence-corrected chi connectivity index (χ0v) is 5.46. The molecule has 0 aliphatic rings. The van der Waals surface area contributed by atoms with Crippen LogP contribution >= 0.6 is 0 Å². The third kappa shape index (κ3) is 3.46. The summed E-state index contributed by atoms with van der Waals surface area (Å²) in [6.07, 6.45) is 1.09. The molecule has 0 aromatic rings. The van der Waals surface area contributed by atoms with Gasteiger partial charge in [-0.15, -0.1) is 0 Å². The van der Waals surface area contributed by atoms with Crippen molar-refractivity contribution in [2.75, 3.05) is 13.6 Å². The van der Waals surface area contributed by atoms with Crippen LogP contribution in [-0.4, -0.2) is 25.0 Å². The molecule has 0 saturated heterocycles. The number of nitrogens with zero attached hydrogens (tertiary/aromatic N) is 3. The van der Waals surface area contributed by atoms with Gasteiger partial charge in [0.25, 0.3) is 0 Å². The standard InChI is InChI=1S/C5H12N3/c1-4-5-8(3)7-6-2/h2,4-5H2,1,3H3/q+1. The molecule has 0 amide bonds. The topological polar surface area (TPSA) is 27.7 Å². The summed E-state index contributed by atoms with van der Waals surface area (Å²) in [5, 5.41) is 7.02. The van der Waals surface area contributed by atoms with Crippen molar-refractivity contribution in [1.29, 1.82) is 0 Å². The van der Waals surface area contributed by atoms with E-state index in [2.05, 4.69) is 24.0 Å². The maximum atomic E-state index is 3.66. The summed E-state index contributed by atoms with van der Waals surface area (Å²) in [4.78, 5) is 0. The third-order valence-corrected chi connectivity index (χ3v) is 0.763. The van der Waals surface area contributed by atoms with E-state index < -0.39 is 0 Å². The first kappa shape index (κ1) is 7.27. The molecule has 0 bridgehead atoms. The molecule has 0 aliphatic heterocycles. The average molecular weight is 114 g/mol. The lowest BCUT2D eigenvalue weighted by molar-refractivity contribution is -0.567. The Morgan fingerprint density at radius 1 is 1.62 bits per heavy atom. The third-order valence-electron chi connectivity index (χ3n) is 0.763. The van der Waals surface area contributed by atoms with Crippen molar-refractivity contribution in [3.05, 3.63) is 0 Å². The van der Waals surface area contributed by atoms with E-state index in [0.717, 1.165) is 13.0 Å². The maximum absolute atomic E-state index is 3.66. The minimum atomic E-state index is 0.943. The van der Waals surface area contributed by atoms with Crippen LogP contribution in [0.4, 0.5) is 0 Å². The fourth-order valence-electron chi connectivity index (χ4n) is 0.476. The normalized spacial score (nSPS) is 11.5. The van der Waals surface area contributed by atoms with Gasteiger partial charge in [-0.25, -0.2) is 0 Å². The average Bonchev–Trinajstić information content (AvgIpc) is 1.68. The molecule has 0 saturated carbocycles. The Bertz CT molecular complexity index is 95.8. The van der Waals surface area contributed by atoms with Gasteiger partial charge in [0.15, 0.2) is 0 Å². The van der Waals surface area contributed by atoms with Gasteiger partial charge in [0, 0.05) is 0 Å². The van der Waals surface area contributed by atoms with Gasteiger partial charge in [-0.1, -0.05) is 6.92 Å². The lowest BCUT2D eigenvalue weighted by atomic mass is 10.5. The van der Waals surface area contributed by atoms with E-state index in [4.69, 9.17) is 0 Å². The lowest BCUT2D eigenvalue weighted by Crippen LogP contribution is -2.01. The van der Waals surface area contributed by atoms with Crippen LogP contribution in [-0.2, 0) is 0 Å². The van der Waals surface area contributed by atoms with E-state index in [9.17, 15) is 0 Å². The van der Waals surface area contributed by atoms with Crippen molar-refractivity contribution in [3.8, 4) is 0 Å². The molecule has 0 spiro atoms. The first-order valence-electron chi connectivity index (χ1n) is 2.69. The second-order valence-electron chi connectivity index (χ2n) is 1.61. The number of rotatable bonds is 3. The van der Waals surface area contributed by atoms with Gasteiger partial charge in [0.05, 0.1) is 12.1 Å². The molecule has 3 heteroatoms. The molecule has 0 unspecified atom stereocenters. The van der Waals surface area contributed by atoms with Crippen molar-refractivity contribution in [3.63, 3.8) is 0 Å². The van der Waals surface area contributed by atoms with Crippen LogP contribution < -0.4 is 0 Å². The molecule has 0 aromatic heterocycles. The summed E-state index contributed by atoms with van der Waals surface area (Å²) in [5.41, 5.74) is 0. The molecule has 46 valence electrons. The first-order chi connectivity index (χ1) is 3.81. The molecule has 0 fully saturated rings.